The van der Waals surface area contributed by atoms with Gasteiger partial charge in [0.25, 0.3) is 0 Å². The summed E-state index contributed by atoms with van der Waals surface area (Å²) >= 11 is 0. The van der Waals surface area contributed by atoms with Gasteiger partial charge in [-0.15, -0.1) is 0 Å². The van der Waals surface area contributed by atoms with Crippen molar-refractivity contribution in [2.24, 2.45) is 35.5 Å². The lowest BCUT2D eigenvalue weighted by Crippen LogP contribution is -2.34. The topological polar surface area (TPSA) is 195 Å². The third-order valence-electron chi connectivity index (χ3n) is 15.9. The maximum atomic E-state index is 13.3. The van der Waals surface area contributed by atoms with E-state index in [0.29, 0.717) is 24.2 Å². The first-order valence-corrected chi connectivity index (χ1v) is 32.1. The Kier molecular flexibility index (Phi) is 30.1. The fraction of sp³-hybridized carbons (Fsp3) is 0.889. The van der Waals surface area contributed by atoms with Crippen LogP contribution in [0.25, 0.3) is 0 Å². The minimum atomic E-state index is -4.51. The van der Waals surface area contributed by atoms with Crippen LogP contribution in [0, 0.1) is 35.5 Å². The minimum Gasteiger partial charge on any atom is -0.372 e. The molecular weight excluding hydrogens is 982 g/mol. The highest BCUT2D eigenvalue weighted by molar-refractivity contribution is 7.47. The molecule has 8 unspecified atom stereocenters. The van der Waals surface area contributed by atoms with Crippen LogP contribution in [0.5, 0.6) is 0 Å². The van der Waals surface area contributed by atoms with Crippen molar-refractivity contribution in [3.63, 3.8) is 0 Å². The molecule has 5 rings (SSSR count). The van der Waals surface area contributed by atoms with Crippen LogP contribution in [0.3, 0.4) is 0 Å². The molecule has 4 saturated heterocycles. The van der Waals surface area contributed by atoms with Crippen LogP contribution in [0.1, 0.15) is 197 Å². The van der Waals surface area contributed by atoms with Gasteiger partial charge in [0.05, 0.1) is 37.1 Å². The molecule has 3 N–H and O–H groups in total. The SMILES string of the molecule is C.CCCC(CCC)CC[C@H]1C(OP(=O)(O)OC)[C@@H](CC)O[C@H]1Cc1ccccc1.CCCC1CCCCC(CCC)CC[C@H]2C(OP(=O)(O)OC[C@H]3O[C@@H](C)[C@@H](CC1)C3OP(=O)(O)OC)[C@@H](CC)O[C@H]2C. The van der Waals surface area contributed by atoms with Crippen molar-refractivity contribution in [2.75, 3.05) is 20.8 Å². The number of ether oxygens (including phenoxy) is 3. The summed E-state index contributed by atoms with van der Waals surface area (Å²) in [5.74, 6) is 1.73. The summed E-state index contributed by atoms with van der Waals surface area (Å²) in [4.78, 5) is 31.1. The summed E-state index contributed by atoms with van der Waals surface area (Å²) in [6.07, 6.45) is 18.4. The Hall–Kier alpha value is -0.570. The van der Waals surface area contributed by atoms with Crippen molar-refractivity contribution in [3.05, 3.63) is 35.9 Å². The molecule has 4 aliphatic rings. The number of phosphoric ester groups is 3. The summed E-state index contributed by atoms with van der Waals surface area (Å²) in [5, 5.41) is 0. The van der Waals surface area contributed by atoms with E-state index in [1.54, 1.807) is 0 Å². The molecule has 2 bridgehead atoms. The zero-order valence-electron chi connectivity index (χ0n) is 45.2. The highest BCUT2D eigenvalue weighted by Crippen LogP contribution is 2.53. The van der Waals surface area contributed by atoms with E-state index in [1.165, 1.54) is 70.5 Å². The van der Waals surface area contributed by atoms with Crippen LogP contribution in [-0.4, -0.2) is 90.4 Å². The summed E-state index contributed by atoms with van der Waals surface area (Å²) < 4.78 is 88.8. The van der Waals surface area contributed by atoms with Gasteiger partial charge in [-0.3, -0.25) is 27.1 Å². The van der Waals surface area contributed by atoms with Gasteiger partial charge in [0, 0.05) is 32.0 Å². The average molecular weight is 1080 g/mol. The van der Waals surface area contributed by atoms with Gasteiger partial charge >= 0.3 is 23.5 Å². The van der Waals surface area contributed by atoms with Crippen molar-refractivity contribution in [3.8, 4) is 0 Å². The Labute approximate surface area is 436 Å². The van der Waals surface area contributed by atoms with E-state index in [1.807, 2.05) is 45.9 Å². The van der Waals surface area contributed by atoms with E-state index in [-0.39, 0.29) is 62.3 Å². The van der Waals surface area contributed by atoms with E-state index in [2.05, 4.69) is 39.8 Å². The fourth-order valence-corrected chi connectivity index (χ4v) is 14.5. The highest BCUT2D eigenvalue weighted by atomic mass is 31.2. The number of hydrogen-bond donors (Lipinski definition) is 3. The van der Waals surface area contributed by atoms with E-state index in [9.17, 15) is 28.4 Å². The quantitative estimate of drug-likeness (QED) is 0.0983. The monoisotopic (exact) mass is 1080 g/mol. The summed E-state index contributed by atoms with van der Waals surface area (Å²) in [7, 11) is -10.6. The average Bonchev–Trinajstić information content (AvgIpc) is 3.93. The minimum absolute atomic E-state index is 0. The maximum absolute atomic E-state index is 13.3. The molecule has 0 amide bonds. The Bertz CT molecular complexity index is 1750. The van der Waals surface area contributed by atoms with Crippen LogP contribution in [0.15, 0.2) is 30.3 Å². The van der Waals surface area contributed by atoms with Gasteiger partial charge in [0.15, 0.2) is 0 Å². The molecule has 0 spiro atoms. The third-order valence-corrected chi connectivity index (χ3v) is 18.8. The second-order valence-corrected chi connectivity index (χ2v) is 25.4. The molecule has 1 aromatic rings. The first-order valence-electron chi connectivity index (χ1n) is 27.7. The first kappa shape index (κ1) is 65.7. The normalized spacial score (nSPS) is 35.6. The second kappa shape index (κ2) is 33.0. The van der Waals surface area contributed by atoms with Crippen molar-refractivity contribution in [2.45, 2.75) is 253 Å². The Morgan fingerprint density at radius 3 is 1.74 bits per heavy atom. The molecule has 0 saturated carbocycles. The summed E-state index contributed by atoms with van der Waals surface area (Å²) in [5.41, 5.74) is 1.22. The van der Waals surface area contributed by atoms with Gasteiger partial charge in [-0.2, -0.15) is 0 Å². The number of fused-ring (bicyclic) bond motifs is 3. The molecule has 4 aliphatic heterocycles. The largest absolute Gasteiger partial charge is 0.472 e. The van der Waals surface area contributed by atoms with Crippen LogP contribution in [0.2, 0.25) is 0 Å². The van der Waals surface area contributed by atoms with Crippen LogP contribution in [-0.2, 0) is 61.5 Å². The molecule has 0 radical (unpaired) electrons. The number of rotatable bonds is 21. The standard InChI is InChI=1S/C30H58O10P2.C23H39O5P.CH4/c1-7-12-23-14-10-11-15-24(13-8-2)17-19-26-22(5)38-28(30(26)39-41(31,32)35-6)20-36-42(33,34)40-29-25(18-16-23)21(4)37-27(29)9-3;1-5-11-18(12-6-2)15-16-20-22(17-19-13-9-8-10-14-19)27-21(7-3)23(20)28-29(24,25)26-4;/h21-30H,7-20H2,1-6H3,(H,31,32)(H,33,34);8-10,13-14,18,20-23H,5-7,11-12,15-17H2,1-4H3,(H,24,25);1H4/t21-,22-,23?,24?,25+,26+,27+,28+,29?,30?;20-,21-,22+,23?;/m01./s1. The van der Waals surface area contributed by atoms with Crippen molar-refractivity contribution in [1.29, 1.82) is 0 Å². The van der Waals surface area contributed by atoms with Gasteiger partial charge in [0.2, 0.25) is 0 Å². The lowest BCUT2D eigenvalue weighted by molar-refractivity contribution is -0.0285. The first-order chi connectivity index (χ1) is 33.9. The molecule has 4 fully saturated rings. The number of hydrogen-bond acceptors (Lipinski definition) is 12. The fourth-order valence-electron chi connectivity index (χ4n) is 12.1. The van der Waals surface area contributed by atoms with Crippen LogP contribution >= 0.6 is 23.5 Å². The molecule has 1 aromatic carbocycles. The predicted molar refractivity (Wildman–Crippen MR) is 286 cm³/mol. The number of phosphoric acid groups is 3. The molecular formula is C54H101O15P3. The number of benzene rings is 1. The van der Waals surface area contributed by atoms with E-state index < -0.39 is 47.9 Å². The van der Waals surface area contributed by atoms with Crippen LogP contribution < -0.4 is 0 Å². The molecule has 15 nitrogen and oxygen atoms in total. The Morgan fingerprint density at radius 1 is 0.667 bits per heavy atom. The predicted octanol–water partition coefficient (Wildman–Crippen LogP) is 14.6. The molecule has 0 aliphatic carbocycles. The second-order valence-electron chi connectivity index (χ2n) is 21.0. The van der Waals surface area contributed by atoms with E-state index >= 15 is 0 Å². The maximum Gasteiger partial charge on any atom is 0.472 e. The zero-order valence-corrected chi connectivity index (χ0v) is 47.9. The lowest BCUT2D eigenvalue weighted by Gasteiger charge is -2.28. The van der Waals surface area contributed by atoms with Gasteiger partial charge in [-0.25, -0.2) is 13.7 Å². The summed E-state index contributed by atoms with van der Waals surface area (Å²) in [6, 6.07) is 10.3. The van der Waals surface area contributed by atoms with Crippen LogP contribution in [0.4, 0.5) is 0 Å². The van der Waals surface area contributed by atoms with Gasteiger partial charge in [-0.05, 0) is 95.0 Å². The van der Waals surface area contributed by atoms with Gasteiger partial charge < -0.3 is 28.9 Å². The Balaban J connectivity index is 0.000000400. The van der Waals surface area contributed by atoms with Crippen molar-refractivity contribution in [1.82, 2.24) is 0 Å². The lowest BCUT2D eigenvalue weighted by atomic mass is 9.83. The molecule has 72 heavy (non-hydrogen) atoms. The third kappa shape index (κ3) is 21.0. The molecule has 17 atom stereocenters. The van der Waals surface area contributed by atoms with Gasteiger partial charge in [0.1, 0.15) is 24.4 Å². The highest BCUT2D eigenvalue weighted by Gasteiger charge is 2.50. The van der Waals surface area contributed by atoms with E-state index in [4.69, 9.17) is 41.4 Å². The van der Waals surface area contributed by atoms with E-state index in [0.717, 1.165) is 77.7 Å². The summed E-state index contributed by atoms with van der Waals surface area (Å²) in [6.45, 7) is 16.6. The molecule has 0 aromatic heterocycles. The van der Waals surface area contributed by atoms with Crippen molar-refractivity contribution < 1.29 is 69.7 Å². The zero-order chi connectivity index (χ0) is 52.2. The Morgan fingerprint density at radius 2 is 1.21 bits per heavy atom. The molecule has 18 heteroatoms. The molecule has 4 heterocycles. The van der Waals surface area contributed by atoms with Gasteiger partial charge in [-0.1, -0.05) is 156 Å². The smallest absolute Gasteiger partial charge is 0.372 e. The van der Waals surface area contributed by atoms with Crippen molar-refractivity contribution >= 4 is 23.5 Å². The molecule has 422 valence electrons.